The molecular weight excluding hydrogens is 354 g/mol. The summed E-state index contributed by atoms with van der Waals surface area (Å²) < 4.78 is 11.2. The van der Waals surface area contributed by atoms with Gasteiger partial charge in [0.2, 0.25) is 5.91 Å². The average Bonchev–Trinajstić information content (AvgIpc) is 3.16. The number of aromatic nitrogens is 1. The maximum atomic E-state index is 12.2. The fraction of sp³-hybridized carbons (Fsp3) is 0.318. The van der Waals surface area contributed by atoms with Gasteiger partial charge in [0.25, 0.3) is 0 Å². The molecular formula is C22H27N3O3. The second-order valence-corrected chi connectivity index (χ2v) is 6.58. The summed E-state index contributed by atoms with van der Waals surface area (Å²) >= 11 is 0. The molecule has 0 radical (unpaired) electrons. The molecule has 0 saturated carbocycles. The van der Waals surface area contributed by atoms with Gasteiger partial charge < -0.3 is 25.1 Å². The zero-order chi connectivity index (χ0) is 19.9. The number of carbonyl (C=O) groups is 1. The second kappa shape index (κ2) is 9.28. The van der Waals surface area contributed by atoms with Crippen LogP contribution in [0.2, 0.25) is 0 Å². The number of para-hydroxylation sites is 2. The van der Waals surface area contributed by atoms with Gasteiger partial charge in [-0.15, -0.1) is 0 Å². The first-order valence-corrected chi connectivity index (χ1v) is 9.37. The molecule has 3 N–H and O–H groups in total. The summed E-state index contributed by atoms with van der Waals surface area (Å²) in [6.07, 6.45) is 2.44. The molecule has 1 atom stereocenters. The summed E-state index contributed by atoms with van der Waals surface area (Å²) in [5.41, 5.74) is 3.14. The lowest BCUT2D eigenvalue weighted by Crippen LogP contribution is -2.31. The Morgan fingerprint density at radius 1 is 1.07 bits per heavy atom. The van der Waals surface area contributed by atoms with Crippen LogP contribution in [-0.4, -0.2) is 45.2 Å². The molecule has 6 nitrogen and oxygen atoms in total. The summed E-state index contributed by atoms with van der Waals surface area (Å²) in [6, 6.07) is 14.0. The predicted octanol–water partition coefficient (Wildman–Crippen LogP) is 3.04. The maximum absolute atomic E-state index is 12.2. The van der Waals surface area contributed by atoms with Gasteiger partial charge >= 0.3 is 0 Å². The predicted molar refractivity (Wildman–Crippen MR) is 111 cm³/mol. The standard InChI is InChI=1S/C22H27N3O3/c1-23-12-11-21(26)25-14-18(16-8-6-10-20(27-2)22(16)28-3)17-13-24-19-9-5-4-7-15(17)19/h4-10,13,18,23-24H,11-12,14H2,1-3H3,(H,25,26). The number of nitrogens with one attached hydrogen (secondary N) is 3. The van der Waals surface area contributed by atoms with E-state index >= 15 is 0 Å². The highest BCUT2D eigenvalue weighted by Crippen LogP contribution is 2.40. The Balaban J connectivity index is 2.01. The lowest BCUT2D eigenvalue weighted by Gasteiger charge is -2.22. The number of rotatable bonds is 9. The molecule has 0 saturated heterocycles. The number of methoxy groups -OCH3 is 2. The number of hydrogen-bond donors (Lipinski definition) is 3. The topological polar surface area (TPSA) is 75.4 Å². The molecule has 0 bridgehead atoms. The smallest absolute Gasteiger partial charge is 0.221 e. The van der Waals surface area contributed by atoms with Crippen molar-refractivity contribution >= 4 is 16.8 Å². The van der Waals surface area contributed by atoms with Gasteiger partial charge in [0.05, 0.1) is 14.2 Å². The van der Waals surface area contributed by atoms with Crippen molar-refractivity contribution in [3.8, 4) is 11.5 Å². The Hall–Kier alpha value is -2.99. The summed E-state index contributed by atoms with van der Waals surface area (Å²) in [6.45, 7) is 1.11. The normalized spacial score (nSPS) is 12.0. The van der Waals surface area contributed by atoms with Gasteiger partial charge in [-0.3, -0.25) is 4.79 Å². The van der Waals surface area contributed by atoms with E-state index in [1.807, 2.05) is 49.6 Å². The van der Waals surface area contributed by atoms with Crippen molar-refractivity contribution in [3.05, 3.63) is 59.8 Å². The number of amides is 1. The molecule has 2 aromatic carbocycles. The number of carbonyl (C=O) groups excluding carboxylic acids is 1. The molecule has 0 aliphatic rings. The molecule has 1 aromatic heterocycles. The van der Waals surface area contributed by atoms with Crippen LogP contribution in [0.3, 0.4) is 0 Å². The van der Waals surface area contributed by atoms with E-state index in [2.05, 4.69) is 21.7 Å². The summed E-state index contributed by atoms with van der Waals surface area (Å²) in [5, 5.41) is 7.20. The van der Waals surface area contributed by atoms with E-state index in [9.17, 15) is 4.79 Å². The van der Waals surface area contributed by atoms with Gasteiger partial charge in [0.15, 0.2) is 11.5 Å². The monoisotopic (exact) mass is 381 g/mol. The van der Waals surface area contributed by atoms with Gasteiger partial charge in [-0.05, 0) is 24.7 Å². The van der Waals surface area contributed by atoms with Crippen molar-refractivity contribution in [1.82, 2.24) is 15.6 Å². The van der Waals surface area contributed by atoms with Crippen molar-refractivity contribution in [2.75, 3.05) is 34.4 Å². The number of H-pyrrole nitrogens is 1. The van der Waals surface area contributed by atoms with Crippen molar-refractivity contribution in [3.63, 3.8) is 0 Å². The van der Waals surface area contributed by atoms with Crippen LogP contribution < -0.4 is 20.1 Å². The highest BCUT2D eigenvalue weighted by atomic mass is 16.5. The number of ether oxygens (including phenoxy) is 2. The van der Waals surface area contributed by atoms with E-state index in [4.69, 9.17) is 9.47 Å². The fourth-order valence-corrected chi connectivity index (χ4v) is 3.50. The third-order valence-corrected chi connectivity index (χ3v) is 4.91. The van der Waals surface area contributed by atoms with Crippen molar-refractivity contribution in [2.45, 2.75) is 12.3 Å². The minimum atomic E-state index is -0.0836. The molecule has 0 aliphatic heterocycles. The first-order valence-electron chi connectivity index (χ1n) is 9.37. The third kappa shape index (κ3) is 4.12. The Morgan fingerprint density at radius 3 is 2.64 bits per heavy atom. The van der Waals surface area contributed by atoms with E-state index < -0.39 is 0 Å². The molecule has 1 unspecified atom stereocenters. The zero-order valence-corrected chi connectivity index (χ0v) is 16.5. The molecule has 0 fully saturated rings. The van der Waals surface area contributed by atoms with Gasteiger partial charge in [-0.1, -0.05) is 30.3 Å². The molecule has 148 valence electrons. The average molecular weight is 381 g/mol. The molecule has 1 heterocycles. The SMILES string of the molecule is CNCCC(=O)NCC(c1cccc(OC)c1OC)c1c[nH]c2ccccc12. The number of aromatic amines is 1. The third-order valence-electron chi connectivity index (χ3n) is 4.91. The number of hydrogen-bond acceptors (Lipinski definition) is 4. The van der Waals surface area contributed by atoms with Gasteiger partial charge in [-0.2, -0.15) is 0 Å². The quantitative estimate of drug-likeness (QED) is 0.533. The van der Waals surface area contributed by atoms with Crippen LogP contribution >= 0.6 is 0 Å². The highest BCUT2D eigenvalue weighted by Gasteiger charge is 2.24. The van der Waals surface area contributed by atoms with Crippen molar-refractivity contribution in [1.29, 1.82) is 0 Å². The Bertz CT molecular complexity index is 936. The molecule has 0 spiro atoms. The van der Waals surface area contributed by atoms with Crippen molar-refractivity contribution in [2.24, 2.45) is 0 Å². The van der Waals surface area contributed by atoms with Gasteiger partial charge in [0, 0.05) is 48.1 Å². The minimum absolute atomic E-state index is 0.0149. The lowest BCUT2D eigenvalue weighted by atomic mass is 9.89. The summed E-state index contributed by atoms with van der Waals surface area (Å²) in [7, 11) is 5.10. The molecule has 6 heteroatoms. The zero-order valence-electron chi connectivity index (χ0n) is 16.5. The van der Waals surface area contributed by atoms with E-state index in [0.717, 1.165) is 22.0 Å². The summed E-state index contributed by atoms with van der Waals surface area (Å²) in [4.78, 5) is 15.6. The first kappa shape index (κ1) is 19.8. The molecule has 3 rings (SSSR count). The largest absolute Gasteiger partial charge is 0.493 e. The number of fused-ring (bicyclic) bond motifs is 1. The van der Waals surface area contributed by atoms with Gasteiger partial charge in [0.1, 0.15) is 0 Å². The van der Waals surface area contributed by atoms with Crippen LogP contribution in [0.4, 0.5) is 0 Å². The molecule has 3 aromatic rings. The Kier molecular flexibility index (Phi) is 6.55. The molecule has 28 heavy (non-hydrogen) atoms. The second-order valence-electron chi connectivity index (χ2n) is 6.58. The Morgan fingerprint density at radius 2 is 1.89 bits per heavy atom. The minimum Gasteiger partial charge on any atom is -0.493 e. The lowest BCUT2D eigenvalue weighted by molar-refractivity contribution is -0.121. The maximum Gasteiger partial charge on any atom is 0.221 e. The van der Waals surface area contributed by atoms with Crippen LogP contribution in [0.15, 0.2) is 48.7 Å². The van der Waals surface area contributed by atoms with Crippen LogP contribution in [0, 0.1) is 0 Å². The van der Waals surface area contributed by atoms with Crippen LogP contribution in [0.25, 0.3) is 10.9 Å². The van der Waals surface area contributed by atoms with E-state index in [0.29, 0.717) is 31.0 Å². The summed E-state index contributed by atoms with van der Waals surface area (Å²) in [5.74, 6) is 1.29. The van der Waals surface area contributed by atoms with Gasteiger partial charge in [-0.25, -0.2) is 0 Å². The Labute approximate surface area is 165 Å². The number of benzene rings is 2. The molecule has 1 amide bonds. The van der Waals surface area contributed by atoms with E-state index in [1.54, 1.807) is 14.2 Å². The van der Waals surface area contributed by atoms with Crippen molar-refractivity contribution < 1.29 is 14.3 Å². The van der Waals surface area contributed by atoms with Crippen LogP contribution in [0.5, 0.6) is 11.5 Å². The first-order chi connectivity index (χ1) is 13.7. The molecule has 0 aliphatic carbocycles. The highest BCUT2D eigenvalue weighted by molar-refractivity contribution is 5.84. The van der Waals surface area contributed by atoms with E-state index in [-0.39, 0.29) is 11.8 Å². The van der Waals surface area contributed by atoms with E-state index in [1.165, 1.54) is 0 Å². The fourth-order valence-electron chi connectivity index (χ4n) is 3.50. The van der Waals surface area contributed by atoms with Crippen LogP contribution in [0.1, 0.15) is 23.5 Å². The van der Waals surface area contributed by atoms with Crippen LogP contribution in [-0.2, 0) is 4.79 Å².